The van der Waals surface area contributed by atoms with Crippen molar-refractivity contribution in [2.24, 2.45) is 17.3 Å². The molecule has 0 amide bonds. The zero-order valence-electron chi connectivity index (χ0n) is 18.7. The van der Waals surface area contributed by atoms with E-state index in [9.17, 15) is 18.4 Å². The molecule has 4 aliphatic carbocycles. The van der Waals surface area contributed by atoms with Crippen LogP contribution in [0.25, 0.3) is 10.8 Å². The summed E-state index contributed by atoms with van der Waals surface area (Å²) in [6.45, 7) is 0.303. The number of fused-ring (bicyclic) bond motifs is 1. The number of hydrogen-bond acceptors (Lipinski definition) is 5. The quantitative estimate of drug-likeness (QED) is 0.527. The van der Waals surface area contributed by atoms with Crippen molar-refractivity contribution in [2.45, 2.75) is 57.0 Å². The largest absolute Gasteiger partial charge is 0.481 e. The van der Waals surface area contributed by atoms with Gasteiger partial charge in [-0.2, -0.15) is 8.78 Å². The molecule has 2 aromatic rings. The van der Waals surface area contributed by atoms with Crippen LogP contribution in [0.15, 0.2) is 42.5 Å². The van der Waals surface area contributed by atoms with Gasteiger partial charge in [-0.3, -0.25) is 0 Å². The topological polar surface area (TPSA) is 61.8 Å². The Bertz CT molecular complexity index is 1060. The number of halogens is 2. The third kappa shape index (κ3) is 4.42. The lowest BCUT2D eigenvalue weighted by Gasteiger charge is -2.60. The Balaban J connectivity index is 1.25. The molecule has 2 unspecified atom stereocenters. The molecule has 4 saturated carbocycles. The lowest BCUT2D eigenvalue weighted by molar-refractivity contribution is -0.215. The Morgan fingerprint density at radius 3 is 2.45 bits per heavy atom. The monoisotopic (exact) mass is 458 g/mol. The smallest absolute Gasteiger partial charge is 0.376 e. The van der Waals surface area contributed by atoms with Gasteiger partial charge in [0, 0.05) is 17.7 Å². The highest BCUT2D eigenvalue weighted by Gasteiger charge is 2.60. The van der Waals surface area contributed by atoms with Crippen LogP contribution in [0.5, 0.6) is 5.75 Å². The summed E-state index contributed by atoms with van der Waals surface area (Å²) in [5.41, 5.74) is -1.04. The highest BCUT2D eigenvalue weighted by atomic mass is 19.3. The third-order valence-corrected chi connectivity index (χ3v) is 7.42. The second-order valence-corrected chi connectivity index (χ2v) is 10.3. The predicted molar refractivity (Wildman–Crippen MR) is 117 cm³/mol. The summed E-state index contributed by atoms with van der Waals surface area (Å²) >= 11 is 0. The van der Waals surface area contributed by atoms with Crippen LogP contribution < -0.4 is 4.74 Å². The number of esters is 2. The standard InChI is InChI=1S/C26H28F2O5/c1-24(27,28)23(30)32-16-25-10-17-9-18(11-25)13-26(12-17,15-25)33-22(29)14-31-21-8-4-6-19-5-2-3-7-20(19)21/h2-8,17-18H,9-16H2,1H3. The summed E-state index contributed by atoms with van der Waals surface area (Å²) in [5.74, 6) is -4.12. The van der Waals surface area contributed by atoms with E-state index in [1.807, 2.05) is 42.5 Å². The van der Waals surface area contributed by atoms with Crippen molar-refractivity contribution >= 4 is 22.7 Å². The van der Waals surface area contributed by atoms with E-state index < -0.39 is 28.9 Å². The molecule has 0 spiro atoms. The summed E-state index contributed by atoms with van der Waals surface area (Å²) in [7, 11) is 0. The van der Waals surface area contributed by atoms with E-state index in [2.05, 4.69) is 0 Å². The number of alkyl halides is 2. The van der Waals surface area contributed by atoms with E-state index in [4.69, 9.17) is 14.2 Å². The van der Waals surface area contributed by atoms with E-state index in [1.165, 1.54) is 0 Å². The van der Waals surface area contributed by atoms with Crippen LogP contribution in [0.1, 0.15) is 45.4 Å². The van der Waals surface area contributed by atoms with Gasteiger partial charge in [0.05, 0.1) is 6.61 Å². The minimum absolute atomic E-state index is 0.0476. The molecule has 0 N–H and O–H groups in total. The first kappa shape index (κ1) is 22.1. The Labute approximate surface area is 191 Å². The molecule has 4 aliphatic rings. The van der Waals surface area contributed by atoms with Crippen LogP contribution in [0.4, 0.5) is 8.78 Å². The summed E-state index contributed by atoms with van der Waals surface area (Å²) in [5, 5.41) is 1.95. The van der Waals surface area contributed by atoms with Gasteiger partial charge in [-0.15, -0.1) is 0 Å². The maximum absolute atomic E-state index is 13.3. The van der Waals surface area contributed by atoms with Gasteiger partial charge in [0.1, 0.15) is 11.4 Å². The molecule has 0 radical (unpaired) electrons. The molecule has 0 aliphatic heterocycles. The molecule has 6 rings (SSSR count). The van der Waals surface area contributed by atoms with Gasteiger partial charge in [0.15, 0.2) is 6.61 Å². The molecule has 2 aromatic carbocycles. The fraction of sp³-hybridized carbons (Fsp3) is 0.538. The van der Waals surface area contributed by atoms with Gasteiger partial charge in [0.2, 0.25) is 0 Å². The minimum atomic E-state index is -3.51. The Kier molecular flexibility index (Phi) is 5.33. The molecule has 2 atom stereocenters. The van der Waals surface area contributed by atoms with Crippen molar-refractivity contribution in [3.63, 3.8) is 0 Å². The van der Waals surface area contributed by atoms with E-state index in [1.54, 1.807) is 0 Å². The first-order valence-corrected chi connectivity index (χ1v) is 11.5. The van der Waals surface area contributed by atoms with E-state index in [0.717, 1.165) is 42.9 Å². The fourth-order valence-electron chi connectivity index (χ4n) is 6.73. The highest BCUT2D eigenvalue weighted by molar-refractivity contribution is 5.88. The van der Waals surface area contributed by atoms with E-state index in [0.29, 0.717) is 30.9 Å². The number of carbonyl (C=O) groups excluding carboxylic acids is 2. The normalized spacial score (nSPS) is 30.3. The summed E-state index contributed by atoms with van der Waals surface area (Å²) in [6, 6.07) is 13.5. The number of rotatable bonds is 7. The predicted octanol–water partition coefficient (Wildman–Crippen LogP) is 5.30. The third-order valence-electron chi connectivity index (χ3n) is 7.42. The average molecular weight is 459 g/mol. The maximum Gasteiger partial charge on any atom is 0.376 e. The van der Waals surface area contributed by atoms with Gasteiger partial charge < -0.3 is 14.2 Å². The van der Waals surface area contributed by atoms with Crippen LogP contribution in [0.3, 0.4) is 0 Å². The molecule has 176 valence electrons. The summed E-state index contributed by atoms with van der Waals surface area (Å²) in [6.07, 6.45) is 4.75. The van der Waals surface area contributed by atoms with Gasteiger partial charge in [-0.25, -0.2) is 9.59 Å². The molecule has 0 aromatic heterocycles. The van der Waals surface area contributed by atoms with Crippen molar-refractivity contribution in [1.29, 1.82) is 0 Å². The Hall–Kier alpha value is -2.70. The van der Waals surface area contributed by atoms with Crippen molar-refractivity contribution < 1.29 is 32.6 Å². The lowest BCUT2D eigenvalue weighted by atomic mass is 9.48. The molecule has 7 heteroatoms. The lowest BCUT2D eigenvalue weighted by Crippen LogP contribution is -2.59. The van der Waals surface area contributed by atoms with Gasteiger partial charge in [-0.1, -0.05) is 36.4 Å². The van der Waals surface area contributed by atoms with Crippen molar-refractivity contribution in [3.05, 3.63) is 42.5 Å². The summed E-state index contributed by atoms with van der Waals surface area (Å²) < 4.78 is 43.4. The SMILES string of the molecule is CC(F)(F)C(=O)OCC12CC3CC(C1)CC(OC(=O)COc1cccc4ccccc14)(C3)C2. The Morgan fingerprint density at radius 1 is 1.03 bits per heavy atom. The van der Waals surface area contributed by atoms with Crippen molar-refractivity contribution in [2.75, 3.05) is 13.2 Å². The molecule has 4 fully saturated rings. The van der Waals surface area contributed by atoms with E-state index in [-0.39, 0.29) is 13.2 Å². The van der Waals surface area contributed by atoms with Crippen LogP contribution >= 0.6 is 0 Å². The molecular formula is C26H28F2O5. The number of hydrogen-bond donors (Lipinski definition) is 0. The molecule has 0 heterocycles. The number of benzene rings is 2. The first-order valence-electron chi connectivity index (χ1n) is 11.5. The average Bonchev–Trinajstić information content (AvgIpc) is 2.74. The molecular weight excluding hydrogens is 430 g/mol. The van der Waals surface area contributed by atoms with Crippen LogP contribution in [-0.4, -0.2) is 36.7 Å². The van der Waals surface area contributed by atoms with Gasteiger partial charge in [0.25, 0.3) is 0 Å². The molecule has 0 saturated heterocycles. The zero-order valence-corrected chi connectivity index (χ0v) is 18.7. The van der Waals surface area contributed by atoms with Gasteiger partial charge >= 0.3 is 17.9 Å². The van der Waals surface area contributed by atoms with Crippen LogP contribution in [0, 0.1) is 17.3 Å². The second-order valence-electron chi connectivity index (χ2n) is 10.3. The minimum Gasteiger partial charge on any atom is -0.481 e. The summed E-state index contributed by atoms with van der Waals surface area (Å²) in [4.78, 5) is 24.5. The Morgan fingerprint density at radius 2 is 1.73 bits per heavy atom. The molecule has 5 nitrogen and oxygen atoms in total. The van der Waals surface area contributed by atoms with Crippen LogP contribution in [0.2, 0.25) is 0 Å². The second kappa shape index (κ2) is 7.96. The van der Waals surface area contributed by atoms with Gasteiger partial charge in [-0.05, 0) is 61.8 Å². The fourth-order valence-corrected chi connectivity index (χ4v) is 6.73. The van der Waals surface area contributed by atoms with Crippen LogP contribution in [-0.2, 0) is 19.1 Å². The first-order chi connectivity index (χ1) is 15.7. The zero-order chi connectivity index (χ0) is 23.3. The van der Waals surface area contributed by atoms with Crippen molar-refractivity contribution in [3.8, 4) is 5.75 Å². The van der Waals surface area contributed by atoms with Crippen molar-refractivity contribution in [1.82, 2.24) is 0 Å². The number of ether oxygens (including phenoxy) is 3. The maximum atomic E-state index is 13.3. The highest BCUT2D eigenvalue weighted by Crippen LogP contribution is 2.63. The molecule has 4 bridgehead atoms. The number of carbonyl (C=O) groups is 2. The van der Waals surface area contributed by atoms with E-state index >= 15 is 0 Å². The molecule has 33 heavy (non-hydrogen) atoms.